The molecule has 0 aliphatic rings. The third-order valence-corrected chi connectivity index (χ3v) is 2.90. The highest BCUT2D eigenvalue weighted by molar-refractivity contribution is 5.34. The summed E-state index contributed by atoms with van der Waals surface area (Å²) in [5.41, 5.74) is 6.59. The number of methoxy groups -OCH3 is 1. The molecule has 2 heterocycles. The van der Waals surface area contributed by atoms with Gasteiger partial charge in [-0.3, -0.25) is 9.78 Å². The van der Waals surface area contributed by atoms with E-state index in [9.17, 15) is 4.79 Å². The van der Waals surface area contributed by atoms with Crippen molar-refractivity contribution in [3.63, 3.8) is 0 Å². The maximum Gasteiger partial charge on any atom is 0.274 e. The zero-order valence-corrected chi connectivity index (χ0v) is 10.7. The number of nitrogens with two attached hydrogens (primary N) is 1. The largest absolute Gasteiger partial charge is 0.497 e. The maximum absolute atomic E-state index is 11.9. The number of H-pyrrole nitrogens is 1. The molecule has 0 unspecified atom stereocenters. The van der Waals surface area contributed by atoms with Gasteiger partial charge in [0, 0.05) is 6.42 Å². The molecule has 0 amide bonds. The average molecular weight is 272 g/mol. The topological polar surface area (TPSA) is 111 Å². The van der Waals surface area contributed by atoms with E-state index in [1.165, 1.54) is 4.52 Å². The van der Waals surface area contributed by atoms with Crippen LogP contribution >= 0.6 is 0 Å². The SMILES string of the molecule is COc1ccc(Cc2nn3c(N)nnc3[nH]c2=O)cc1. The van der Waals surface area contributed by atoms with E-state index in [-0.39, 0.29) is 17.3 Å². The van der Waals surface area contributed by atoms with E-state index in [4.69, 9.17) is 10.5 Å². The van der Waals surface area contributed by atoms with Crippen molar-refractivity contribution < 1.29 is 4.74 Å². The highest BCUT2D eigenvalue weighted by Crippen LogP contribution is 2.13. The normalized spacial score (nSPS) is 10.8. The van der Waals surface area contributed by atoms with Gasteiger partial charge in [0.15, 0.2) is 0 Å². The minimum Gasteiger partial charge on any atom is -0.497 e. The van der Waals surface area contributed by atoms with E-state index in [2.05, 4.69) is 20.3 Å². The number of nitrogens with one attached hydrogen (secondary N) is 1. The summed E-state index contributed by atoms with van der Waals surface area (Å²) in [6.07, 6.45) is 0.382. The Balaban J connectivity index is 1.98. The standard InChI is InChI=1S/C12H12N6O2/c1-20-8-4-2-7(3-5-8)6-9-10(19)14-12-16-15-11(13)18(12)17-9/h2-5H,6H2,1H3,(H2,13,15)(H,14,16,19). The molecule has 0 saturated carbocycles. The van der Waals surface area contributed by atoms with E-state index >= 15 is 0 Å². The molecule has 0 atom stereocenters. The molecular weight excluding hydrogens is 260 g/mol. The number of aromatic nitrogens is 5. The van der Waals surface area contributed by atoms with Gasteiger partial charge in [0.25, 0.3) is 11.3 Å². The van der Waals surface area contributed by atoms with Crippen LogP contribution in [0, 0.1) is 0 Å². The zero-order valence-electron chi connectivity index (χ0n) is 10.7. The van der Waals surface area contributed by atoms with Crippen molar-refractivity contribution in [2.45, 2.75) is 6.42 Å². The summed E-state index contributed by atoms with van der Waals surface area (Å²) in [6.45, 7) is 0. The van der Waals surface area contributed by atoms with Gasteiger partial charge in [0.05, 0.1) is 7.11 Å². The van der Waals surface area contributed by atoms with Gasteiger partial charge < -0.3 is 10.5 Å². The number of hydrogen-bond acceptors (Lipinski definition) is 6. The fourth-order valence-electron chi connectivity index (χ4n) is 1.86. The van der Waals surface area contributed by atoms with E-state index in [1.807, 2.05) is 24.3 Å². The van der Waals surface area contributed by atoms with Crippen molar-refractivity contribution in [2.24, 2.45) is 0 Å². The molecule has 0 aliphatic heterocycles. The van der Waals surface area contributed by atoms with Crippen LogP contribution in [0.1, 0.15) is 11.3 Å². The summed E-state index contributed by atoms with van der Waals surface area (Å²) < 4.78 is 6.39. The van der Waals surface area contributed by atoms with Crippen molar-refractivity contribution in [1.82, 2.24) is 24.8 Å². The predicted molar refractivity (Wildman–Crippen MR) is 71.6 cm³/mol. The average Bonchev–Trinajstić information content (AvgIpc) is 2.81. The molecule has 0 fully saturated rings. The van der Waals surface area contributed by atoms with Crippen LogP contribution in [0.4, 0.5) is 5.95 Å². The van der Waals surface area contributed by atoms with Crippen LogP contribution in [-0.2, 0) is 6.42 Å². The second kappa shape index (κ2) is 4.65. The lowest BCUT2D eigenvalue weighted by atomic mass is 10.1. The number of rotatable bonds is 3. The van der Waals surface area contributed by atoms with E-state index in [1.54, 1.807) is 7.11 Å². The molecule has 2 aromatic heterocycles. The molecule has 0 aliphatic carbocycles. The molecule has 0 radical (unpaired) electrons. The van der Waals surface area contributed by atoms with Crippen molar-refractivity contribution in [3.8, 4) is 5.75 Å². The first-order valence-corrected chi connectivity index (χ1v) is 5.90. The minimum absolute atomic E-state index is 0.132. The number of hydrogen-bond donors (Lipinski definition) is 2. The van der Waals surface area contributed by atoms with E-state index in [0.29, 0.717) is 12.1 Å². The van der Waals surface area contributed by atoms with Crippen LogP contribution in [0.2, 0.25) is 0 Å². The van der Waals surface area contributed by atoms with Crippen molar-refractivity contribution >= 4 is 11.7 Å². The number of benzene rings is 1. The Kier molecular flexibility index (Phi) is 2.82. The lowest BCUT2D eigenvalue weighted by molar-refractivity contribution is 0.414. The van der Waals surface area contributed by atoms with Crippen LogP contribution in [0.15, 0.2) is 29.1 Å². The Morgan fingerprint density at radius 3 is 2.75 bits per heavy atom. The molecule has 0 bridgehead atoms. The molecule has 0 saturated heterocycles. The van der Waals surface area contributed by atoms with Gasteiger partial charge in [-0.05, 0) is 17.7 Å². The third-order valence-electron chi connectivity index (χ3n) is 2.90. The minimum atomic E-state index is -0.305. The predicted octanol–water partition coefficient (Wildman–Crippen LogP) is -0.00580. The Hall–Kier alpha value is -2.90. The molecule has 8 nitrogen and oxygen atoms in total. The summed E-state index contributed by atoms with van der Waals surface area (Å²) in [5, 5.41) is 11.5. The fourth-order valence-corrected chi connectivity index (χ4v) is 1.86. The van der Waals surface area contributed by atoms with Crippen LogP contribution < -0.4 is 16.0 Å². The quantitative estimate of drug-likeness (QED) is 0.694. The van der Waals surface area contributed by atoms with Gasteiger partial charge in [-0.15, -0.1) is 10.2 Å². The molecule has 3 N–H and O–H groups in total. The van der Waals surface area contributed by atoms with Gasteiger partial charge in [-0.25, -0.2) is 0 Å². The van der Waals surface area contributed by atoms with E-state index in [0.717, 1.165) is 11.3 Å². The molecule has 3 rings (SSSR count). The highest BCUT2D eigenvalue weighted by atomic mass is 16.5. The zero-order chi connectivity index (χ0) is 14.1. The van der Waals surface area contributed by atoms with Crippen LogP contribution in [0.25, 0.3) is 5.78 Å². The number of anilines is 1. The first-order chi connectivity index (χ1) is 9.67. The second-order valence-corrected chi connectivity index (χ2v) is 4.22. The van der Waals surface area contributed by atoms with Crippen molar-refractivity contribution in [3.05, 3.63) is 45.9 Å². The van der Waals surface area contributed by atoms with Gasteiger partial charge >= 0.3 is 0 Å². The maximum atomic E-state index is 11.9. The Morgan fingerprint density at radius 1 is 1.30 bits per heavy atom. The number of ether oxygens (including phenoxy) is 1. The second-order valence-electron chi connectivity index (χ2n) is 4.22. The summed E-state index contributed by atoms with van der Waals surface area (Å²) in [5.74, 6) is 1.12. The first kappa shape index (κ1) is 12.2. The van der Waals surface area contributed by atoms with Gasteiger partial charge in [0.1, 0.15) is 11.4 Å². The van der Waals surface area contributed by atoms with E-state index < -0.39 is 0 Å². The summed E-state index contributed by atoms with van der Waals surface area (Å²) >= 11 is 0. The van der Waals surface area contributed by atoms with Crippen molar-refractivity contribution in [2.75, 3.05) is 12.8 Å². The summed E-state index contributed by atoms with van der Waals surface area (Å²) in [6, 6.07) is 7.41. The fraction of sp³-hybridized carbons (Fsp3) is 0.167. The molecule has 8 heteroatoms. The molecule has 0 spiro atoms. The number of nitrogens with zero attached hydrogens (tertiary/aromatic N) is 4. The number of fused-ring (bicyclic) bond motifs is 1. The van der Waals surface area contributed by atoms with Crippen molar-refractivity contribution in [1.29, 1.82) is 0 Å². The van der Waals surface area contributed by atoms with Crippen LogP contribution in [-0.4, -0.2) is 31.9 Å². The molecule has 3 aromatic rings. The number of nitrogen functional groups attached to an aromatic ring is 1. The molecule has 20 heavy (non-hydrogen) atoms. The highest BCUT2D eigenvalue weighted by Gasteiger charge is 2.09. The summed E-state index contributed by atoms with van der Waals surface area (Å²) in [7, 11) is 1.60. The smallest absolute Gasteiger partial charge is 0.274 e. The molecule has 102 valence electrons. The first-order valence-electron chi connectivity index (χ1n) is 5.90. The third kappa shape index (κ3) is 2.07. The van der Waals surface area contributed by atoms with Crippen LogP contribution in [0.5, 0.6) is 5.75 Å². The van der Waals surface area contributed by atoms with Gasteiger partial charge in [-0.1, -0.05) is 12.1 Å². The Labute approximate surface area is 113 Å². The monoisotopic (exact) mass is 272 g/mol. The van der Waals surface area contributed by atoms with Gasteiger partial charge in [-0.2, -0.15) is 9.61 Å². The number of aromatic amines is 1. The lowest BCUT2D eigenvalue weighted by Crippen LogP contribution is -2.19. The van der Waals surface area contributed by atoms with Gasteiger partial charge in [0.2, 0.25) is 5.95 Å². The molecule has 1 aromatic carbocycles. The lowest BCUT2D eigenvalue weighted by Gasteiger charge is -2.03. The Morgan fingerprint density at radius 2 is 2.05 bits per heavy atom. The van der Waals surface area contributed by atoms with Crippen LogP contribution in [0.3, 0.4) is 0 Å². The Bertz CT molecular complexity index is 805. The summed E-state index contributed by atoms with van der Waals surface area (Å²) in [4.78, 5) is 14.5. The molecular formula is C12H12N6O2.